The maximum Gasteiger partial charge on any atom is 0.226 e. The van der Waals surface area contributed by atoms with Gasteiger partial charge < -0.3 is 19.1 Å². The first kappa shape index (κ1) is 20.5. The monoisotopic (exact) mass is 403 g/mol. The lowest BCUT2D eigenvalue weighted by atomic mass is 10.1. The Morgan fingerprint density at radius 3 is 2.86 bits per heavy atom. The van der Waals surface area contributed by atoms with Crippen molar-refractivity contribution in [1.82, 2.24) is 4.90 Å². The van der Waals surface area contributed by atoms with E-state index in [0.29, 0.717) is 30.5 Å². The maximum absolute atomic E-state index is 12.9. The van der Waals surface area contributed by atoms with Gasteiger partial charge in [0.05, 0.1) is 26.2 Å². The van der Waals surface area contributed by atoms with Crippen LogP contribution >= 0.6 is 11.6 Å². The van der Waals surface area contributed by atoms with E-state index in [1.807, 2.05) is 41.3 Å². The first-order valence-corrected chi connectivity index (χ1v) is 9.93. The number of hydrogen-bond donors (Lipinski definition) is 0. The van der Waals surface area contributed by atoms with Crippen molar-refractivity contribution >= 4 is 17.5 Å². The zero-order chi connectivity index (χ0) is 19.8. The highest BCUT2D eigenvalue weighted by Gasteiger charge is 2.23. The van der Waals surface area contributed by atoms with Gasteiger partial charge in [0.1, 0.15) is 11.5 Å². The Kier molecular flexibility index (Phi) is 7.57. The first-order valence-electron chi connectivity index (χ1n) is 9.55. The number of carbonyl (C=O) groups excluding carboxylic acids is 1. The number of rotatable bonds is 9. The molecule has 0 N–H and O–H groups in total. The molecule has 1 heterocycles. The Hall–Kier alpha value is -2.24. The van der Waals surface area contributed by atoms with E-state index >= 15 is 0 Å². The largest absolute Gasteiger partial charge is 0.496 e. The predicted octanol–water partition coefficient (Wildman–Crippen LogP) is 4.33. The van der Waals surface area contributed by atoms with Gasteiger partial charge in [-0.1, -0.05) is 35.9 Å². The third kappa shape index (κ3) is 5.88. The summed E-state index contributed by atoms with van der Waals surface area (Å²) in [5, 5.41) is 0.611. The van der Waals surface area contributed by atoms with Crippen LogP contribution in [0.5, 0.6) is 11.5 Å². The number of methoxy groups -OCH3 is 1. The van der Waals surface area contributed by atoms with Crippen LogP contribution in [-0.4, -0.2) is 43.8 Å². The van der Waals surface area contributed by atoms with Gasteiger partial charge in [0, 0.05) is 30.3 Å². The lowest BCUT2D eigenvalue weighted by Gasteiger charge is -2.26. The van der Waals surface area contributed by atoms with E-state index in [2.05, 4.69) is 0 Å². The molecule has 1 amide bonds. The van der Waals surface area contributed by atoms with Crippen LogP contribution in [0.3, 0.4) is 0 Å². The van der Waals surface area contributed by atoms with Gasteiger partial charge in [-0.3, -0.25) is 4.79 Å². The van der Waals surface area contributed by atoms with E-state index in [9.17, 15) is 4.79 Å². The van der Waals surface area contributed by atoms with E-state index in [1.54, 1.807) is 19.2 Å². The molecule has 0 aromatic heterocycles. The number of carbonyl (C=O) groups is 1. The summed E-state index contributed by atoms with van der Waals surface area (Å²) in [7, 11) is 1.64. The molecule has 1 aliphatic rings. The second kappa shape index (κ2) is 10.3. The van der Waals surface area contributed by atoms with Gasteiger partial charge in [-0.05, 0) is 37.1 Å². The highest BCUT2D eigenvalue weighted by Crippen LogP contribution is 2.22. The molecule has 1 saturated heterocycles. The van der Waals surface area contributed by atoms with Gasteiger partial charge in [0.25, 0.3) is 0 Å². The number of halogens is 1. The molecule has 0 aliphatic carbocycles. The fourth-order valence-corrected chi connectivity index (χ4v) is 3.48. The van der Waals surface area contributed by atoms with Gasteiger partial charge >= 0.3 is 0 Å². The van der Waals surface area contributed by atoms with Crippen LogP contribution in [0, 0.1) is 0 Å². The standard InChI is InChI=1S/C22H26ClNO4/c1-26-21-10-3-2-6-17(21)15-24(16-20-9-5-12-27-20)22(25)11-13-28-19-8-4-7-18(23)14-19/h2-4,6-8,10,14,20H,5,9,11-13,15-16H2,1H3. The molecule has 2 aromatic carbocycles. The lowest BCUT2D eigenvalue weighted by Crippen LogP contribution is -2.37. The predicted molar refractivity (Wildman–Crippen MR) is 109 cm³/mol. The number of amides is 1. The van der Waals surface area contributed by atoms with Crippen molar-refractivity contribution in [1.29, 1.82) is 0 Å². The number of benzene rings is 2. The summed E-state index contributed by atoms with van der Waals surface area (Å²) < 4.78 is 16.9. The molecule has 5 nitrogen and oxygen atoms in total. The van der Waals surface area contributed by atoms with Crippen molar-refractivity contribution in [3.8, 4) is 11.5 Å². The summed E-state index contributed by atoms with van der Waals surface area (Å²) in [6.45, 7) is 2.13. The van der Waals surface area contributed by atoms with Crippen LogP contribution in [0.25, 0.3) is 0 Å². The van der Waals surface area contributed by atoms with Crippen LogP contribution in [-0.2, 0) is 16.1 Å². The molecule has 6 heteroatoms. The first-order chi connectivity index (χ1) is 13.7. The molecule has 150 valence electrons. The lowest BCUT2D eigenvalue weighted by molar-refractivity contribution is -0.134. The second-order valence-electron chi connectivity index (χ2n) is 6.78. The van der Waals surface area contributed by atoms with Crippen LogP contribution in [0.4, 0.5) is 0 Å². The Bertz CT molecular complexity index is 777. The van der Waals surface area contributed by atoms with Crippen LogP contribution in [0.15, 0.2) is 48.5 Å². The highest BCUT2D eigenvalue weighted by atomic mass is 35.5. The van der Waals surface area contributed by atoms with Crippen LogP contribution in [0.2, 0.25) is 5.02 Å². The Morgan fingerprint density at radius 1 is 1.25 bits per heavy atom. The minimum atomic E-state index is 0.0310. The zero-order valence-corrected chi connectivity index (χ0v) is 16.9. The number of ether oxygens (including phenoxy) is 3. The third-order valence-corrected chi connectivity index (χ3v) is 4.97. The van der Waals surface area contributed by atoms with E-state index in [1.165, 1.54) is 0 Å². The summed E-state index contributed by atoms with van der Waals surface area (Å²) in [6.07, 6.45) is 2.40. The third-order valence-electron chi connectivity index (χ3n) is 4.74. The van der Waals surface area contributed by atoms with Crippen molar-refractivity contribution in [2.24, 2.45) is 0 Å². The van der Waals surface area contributed by atoms with E-state index < -0.39 is 0 Å². The molecule has 0 radical (unpaired) electrons. The molecule has 1 fully saturated rings. The Morgan fingerprint density at radius 2 is 2.11 bits per heavy atom. The summed E-state index contributed by atoms with van der Waals surface area (Å²) in [6, 6.07) is 15.0. The van der Waals surface area contributed by atoms with E-state index in [0.717, 1.165) is 30.8 Å². The Balaban J connectivity index is 1.62. The highest BCUT2D eigenvalue weighted by molar-refractivity contribution is 6.30. The van der Waals surface area contributed by atoms with Crippen molar-refractivity contribution < 1.29 is 19.0 Å². The zero-order valence-electron chi connectivity index (χ0n) is 16.1. The molecular weight excluding hydrogens is 378 g/mol. The van der Waals surface area contributed by atoms with Crippen molar-refractivity contribution in [3.63, 3.8) is 0 Å². The summed E-state index contributed by atoms with van der Waals surface area (Å²) >= 11 is 5.97. The minimum Gasteiger partial charge on any atom is -0.496 e. The molecule has 0 bridgehead atoms. The molecule has 0 saturated carbocycles. The molecule has 1 aliphatic heterocycles. The Labute approximate surface area is 171 Å². The van der Waals surface area contributed by atoms with Crippen LogP contribution < -0.4 is 9.47 Å². The second-order valence-corrected chi connectivity index (χ2v) is 7.21. The quantitative estimate of drug-likeness (QED) is 0.625. The van der Waals surface area contributed by atoms with Gasteiger partial charge in [0.2, 0.25) is 5.91 Å². The molecule has 28 heavy (non-hydrogen) atoms. The number of para-hydroxylation sites is 1. The number of hydrogen-bond acceptors (Lipinski definition) is 4. The molecule has 2 aromatic rings. The topological polar surface area (TPSA) is 48.0 Å². The number of nitrogens with zero attached hydrogens (tertiary/aromatic N) is 1. The summed E-state index contributed by atoms with van der Waals surface area (Å²) in [5.41, 5.74) is 0.979. The van der Waals surface area contributed by atoms with Crippen molar-refractivity contribution in [2.75, 3.05) is 26.9 Å². The molecule has 1 unspecified atom stereocenters. The summed E-state index contributed by atoms with van der Waals surface area (Å²) in [4.78, 5) is 14.8. The normalized spacial score (nSPS) is 16.0. The van der Waals surface area contributed by atoms with Gasteiger partial charge in [-0.25, -0.2) is 0 Å². The summed E-state index contributed by atoms with van der Waals surface area (Å²) in [5.74, 6) is 1.47. The van der Waals surface area contributed by atoms with Crippen LogP contribution in [0.1, 0.15) is 24.8 Å². The smallest absolute Gasteiger partial charge is 0.226 e. The fraction of sp³-hybridized carbons (Fsp3) is 0.409. The van der Waals surface area contributed by atoms with E-state index in [-0.39, 0.29) is 18.4 Å². The van der Waals surface area contributed by atoms with Gasteiger partial charge in [0.15, 0.2) is 0 Å². The van der Waals surface area contributed by atoms with Crippen molar-refractivity contribution in [3.05, 3.63) is 59.1 Å². The maximum atomic E-state index is 12.9. The molecule has 3 rings (SSSR count). The van der Waals surface area contributed by atoms with Crippen molar-refractivity contribution in [2.45, 2.75) is 31.9 Å². The minimum absolute atomic E-state index is 0.0310. The molecular formula is C22H26ClNO4. The fourth-order valence-electron chi connectivity index (χ4n) is 3.30. The average molecular weight is 404 g/mol. The molecule has 0 spiro atoms. The van der Waals surface area contributed by atoms with Gasteiger partial charge in [-0.15, -0.1) is 0 Å². The van der Waals surface area contributed by atoms with Gasteiger partial charge in [-0.2, -0.15) is 0 Å². The SMILES string of the molecule is COc1ccccc1CN(CC1CCCO1)C(=O)CCOc1cccc(Cl)c1. The molecule has 1 atom stereocenters. The average Bonchev–Trinajstić information content (AvgIpc) is 3.21. The van der Waals surface area contributed by atoms with E-state index in [4.69, 9.17) is 25.8 Å².